The topological polar surface area (TPSA) is 42.3 Å². The fraction of sp³-hybridized carbons (Fsp3) is 0.409. The molecule has 1 aliphatic rings. The van der Waals surface area contributed by atoms with Crippen molar-refractivity contribution in [3.8, 4) is 5.75 Å². The first-order valence-electron chi connectivity index (χ1n) is 9.72. The fourth-order valence-corrected chi connectivity index (χ4v) is 3.93. The number of aromatic nitrogens is 2. The lowest BCUT2D eigenvalue weighted by Gasteiger charge is -2.36. The van der Waals surface area contributed by atoms with Crippen LogP contribution in [0, 0.1) is 0 Å². The maximum absolute atomic E-state index is 6.18. The highest BCUT2D eigenvalue weighted by Crippen LogP contribution is 2.32. The number of hydrogen-bond donors (Lipinski definition) is 1. The van der Waals surface area contributed by atoms with Crippen molar-refractivity contribution in [2.45, 2.75) is 32.5 Å². The number of benzene rings is 2. The zero-order chi connectivity index (χ0) is 18.8. The molecule has 0 amide bonds. The van der Waals surface area contributed by atoms with Crippen LogP contribution in [0.2, 0.25) is 0 Å². The van der Waals surface area contributed by atoms with Gasteiger partial charge in [-0.15, -0.1) is 12.4 Å². The summed E-state index contributed by atoms with van der Waals surface area (Å²) in [6, 6.07) is 13.1. The van der Waals surface area contributed by atoms with Crippen LogP contribution in [0.15, 0.2) is 48.8 Å². The number of imidazole rings is 1. The van der Waals surface area contributed by atoms with Crippen LogP contribution in [-0.2, 0) is 13.6 Å². The van der Waals surface area contributed by atoms with Crippen molar-refractivity contribution in [1.82, 2.24) is 19.8 Å². The molecule has 2 aromatic carbocycles. The molecule has 0 spiro atoms. The Morgan fingerprint density at radius 1 is 1.21 bits per heavy atom. The Morgan fingerprint density at radius 3 is 2.79 bits per heavy atom. The zero-order valence-corrected chi connectivity index (χ0v) is 17.6. The Balaban J connectivity index is 0.00000225. The van der Waals surface area contributed by atoms with Crippen LogP contribution >= 0.6 is 12.4 Å². The number of nitrogens with one attached hydrogen (secondary N) is 1. The van der Waals surface area contributed by atoms with E-state index in [-0.39, 0.29) is 24.6 Å². The summed E-state index contributed by atoms with van der Waals surface area (Å²) in [5.74, 6) is 2.09. The minimum Gasteiger partial charge on any atom is -0.491 e. The van der Waals surface area contributed by atoms with Crippen molar-refractivity contribution < 1.29 is 4.74 Å². The van der Waals surface area contributed by atoms with E-state index in [0.717, 1.165) is 37.8 Å². The van der Waals surface area contributed by atoms with Crippen LogP contribution in [0.25, 0.3) is 10.8 Å². The maximum Gasteiger partial charge on any atom is 0.127 e. The van der Waals surface area contributed by atoms with Gasteiger partial charge in [-0.05, 0) is 30.7 Å². The first kappa shape index (κ1) is 20.6. The second-order valence-corrected chi connectivity index (χ2v) is 7.52. The molecule has 2 heterocycles. The summed E-state index contributed by atoms with van der Waals surface area (Å²) in [7, 11) is 2.07. The van der Waals surface area contributed by atoms with Gasteiger partial charge in [0.05, 0.1) is 12.1 Å². The molecule has 1 aliphatic heterocycles. The van der Waals surface area contributed by atoms with Crippen molar-refractivity contribution in [3.63, 3.8) is 0 Å². The second kappa shape index (κ2) is 8.95. The largest absolute Gasteiger partial charge is 0.491 e. The molecule has 0 aliphatic carbocycles. The fourth-order valence-electron chi connectivity index (χ4n) is 3.93. The average molecular weight is 401 g/mol. The average Bonchev–Trinajstić information content (AvgIpc) is 3.09. The Morgan fingerprint density at radius 2 is 2.04 bits per heavy atom. The second-order valence-electron chi connectivity index (χ2n) is 7.52. The van der Waals surface area contributed by atoms with Gasteiger partial charge in [-0.3, -0.25) is 4.90 Å². The molecule has 1 saturated heterocycles. The molecule has 150 valence electrons. The van der Waals surface area contributed by atoms with E-state index in [1.54, 1.807) is 0 Å². The standard InChI is InChI=1S/C22H28N4O.ClH/c1-16(2)27-21-9-8-17-6-4-5-7-18(17)19(21)15-26-13-10-23-14-20(26)22-24-11-12-25(22)3;/h4-9,11-12,16,20,23H,10,13-15H2,1-3H3;1H. The van der Waals surface area contributed by atoms with E-state index in [1.165, 1.54) is 16.3 Å². The molecule has 1 N–H and O–H groups in total. The SMILES string of the molecule is CC(C)Oc1ccc2ccccc2c1CN1CCNCC1c1nccn1C.Cl. The number of nitrogens with zero attached hydrogens (tertiary/aromatic N) is 3. The third-order valence-corrected chi connectivity index (χ3v) is 5.23. The predicted molar refractivity (Wildman–Crippen MR) is 116 cm³/mol. The first-order chi connectivity index (χ1) is 13.1. The normalized spacial score (nSPS) is 17.6. The van der Waals surface area contributed by atoms with Gasteiger partial charge in [-0.1, -0.05) is 30.3 Å². The maximum atomic E-state index is 6.18. The van der Waals surface area contributed by atoms with Gasteiger partial charge in [-0.2, -0.15) is 0 Å². The van der Waals surface area contributed by atoms with Crippen LogP contribution in [0.5, 0.6) is 5.75 Å². The highest BCUT2D eigenvalue weighted by Gasteiger charge is 2.28. The summed E-state index contributed by atoms with van der Waals surface area (Å²) in [6.07, 6.45) is 4.05. The molecule has 5 nitrogen and oxygen atoms in total. The van der Waals surface area contributed by atoms with E-state index in [9.17, 15) is 0 Å². The molecule has 1 unspecified atom stereocenters. The number of halogens is 1. The molecule has 3 aromatic rings. The van der Waals surface area contributed by atoms with Crippen molar-refractivity contribution in [1.29, 1.82) is 0 Å². The van der Waals surface area contributed by atoms with Gasteiger partial charge in [0.15, 0.2) is 0 Å². The summed E-state index contributed by atoms with van der Waals surface area (Å²) in [4.78, 5) is 7.14. The van der Waals surface area contributed by atoms with Gasteiger partial charge in [0.1, 0.15) is 11.6 Å². The van der Waals surface area contributed by atoms with Crippen LogP contribution in [0.1, 0.15) is 31.3 Å². The lowest BCUT2D eigenvalue weighted by molar-refractivity contribution is 0.142. The number of hydrogen-bond acceptors (Lipinski definition) is 4. The summed E-state index contributed by atoms with van der Waals surface area (Å²) >= 11 is 0. The van der Waals surface area contributed by atoms with Gasteiger partial charge in [0, 0.05) is 51.2 Å². The third kappa shape index (κ3) is 4.17. The lowest BCUT2D eigenvalue weighted by atomic mass is 10.0. The van der Waals surface area contributed by atoms with E-state index in [0.29, 0.717) is 0 Å². The monoisotopic (exact) mass is 400 g/mol. The molecular formula is C22H29ClN4O. The van der Waals surface area contributed by atoms with Crippen LogP contribution < -0.4 is 10.1 Å². The van der Waals surface area contributed by atoms with E-state index in [2.05, 4.69) is 77.1 Å². The Kier molecular flexibility index (Phi) is 6.60. The summed E-state index contributed by atoms with van der Waals surface area (Å²) in [5.41, 5.74) is 1.27. The van der Waals surface area contributed by atoms with E-state index in [1.807, 2.05) is 12.4 Å². The number of fused-ring (bicyclic) bond motifs is 1. The minimum absolute atomic E-state index is 0. The number of aryl methyl sites for hydroxylation is 1. The molecule has 0 bridgehead atoms. The van der Waals surface area contributed by atoms with Crippen molar-refractivity contribution in [3.05, 3.63) is 60.2 Å². The molecule has 28 heavy (non-hydrogen) atoms. The molecule has 4 rings (SSSR count). The van der Waals surface area contributed by atoms with Crippen LogP contribution in [-0.4, -0.2) is 40.2 Å². The Bertz CT molecular complexity index is 924. The Hall–Kier alpha value is -2.08. The van der Waals surface area contributed by atoms with Crippen molar-refractivity contribution in [2.24, 2.45) is 7.05 Å². The molecule has 0 radical (unpaired) electrons. The lowest BCUT2D eigenvalue weighted by Crippen LogP contribution is -2.46. The molecule has 0 saturated carbocycles. The number of rotatable bonds is 5. The van der Waals surface area contributed by atoms with E-state index in [4.69, 9.17) is 4.74 Å². The highest BCUT2D eigenvalue weighted by atomic mass is 35.5. The summed E-state index contributed by atoms with van der Waals surface area (Å²) < 4.78 is 8.31. The quantitative estimate of drug-likeness (QED) is 0.704. The number of ether oxygens (including phenoxy) is 1. The molecule has 1 aromatic heterocycles. The third-order valence-electron chi connectivity index (χ3n) is 5.23. The summed E-state index contributed by atoms with van der Waals surface area (Å²) in [5, 5.41) is 6.05. The smallest absolute Gasteiger partial charge is 0.127 e. The van der Waals surface area contributed by atoms with Crippen LogP contribution in [0.4, 0.5) is 0 Å². The summed E-state index contributed by atoms with van der Waals surface area (Å²) in [6.45, 7) is 7.91. The molecule has 6 heteroatoms. The zero-order valence-electron chi connectivity index (χ0n) is 16.8. The molecule has 1 atom stereocenters. The molecular weight excluding hydrogens is 372 g/mol. The predicted octanol–water partition coefficient (Wildman–Crippen LogP) is 3.93. The minimum atomic E-state index is 0. The van der Waals surface area contributed by atoms with Gasteiger partial charge in [0.25, 0.3) is 0 Å². The van der Waals surface area contributed by atoms with Gasteiger partial charge in [0.2, 0.25) is 0 Å². The van der Waals surface area contributed by atoms with Crippen molar-refractivity contribution in [2.75, 3.05) is 19.6 Å². The van der Waals surface area contributed by atoms with Crippen molar-refractivity contribution >= 4 is 23.2 Å². The van der Waals surface area contributed by atoms with Gasteiger partial charge in [-0.25, -0.2) is 4.98 Å². The van der Waals surface area contributed by atoms with E-state index < -0.39 is 0 Å². The number of piperazine rings is 1. The van der Waals surface area contributed by atoms with Gasteiger partial charge >= 0.3 is 0 Å². The Labute approximate surface area is 173 Å². The highest BCUT2D eigenvalue weighted by molar-refractivity contribution is 5.87. The van der Waals surface area contributed by atoms with Crippen LogP contribution in [0.3, 0.4) is 0 Å². The first-order valence-corrected chi connectivity index (χ1v) is 9.72. The van der Waals surface area contributed by atoms with Gasteiger partial charge < -0.3 is 14.6 Å². The molecule has 1 fully saturated rings. The van der Waals surface area contributed by atoms with E-state index >= 15 is 0 Å².